The van der Waals surface area contributed by atoms with E-state index in [9.17, 15) is 18.3 Å². The molecule has 0 aliphatic carbocycles. The Morgan fingerprint density at radius 2 is 1.75 bits per heavy atom. The average Bonchev–Trinajstić information content (AvgIpc) is 2.37. The van der Waals surface area contributed by atoms with Crippen LogP contribution in [0.15, 0.2) is 34.8 Å². The van der Waals surface area contributed by atoms with Crippen molar-refractivity contribution < 1.29 is 18.3 Å². The number of aliphatic hydroxyl groups is 1. The Kier molecular flexibility index (Phi) is 4.73. The number of benzene rings is 2. The zero-order chi connectivity index (χ0) is 14.9. The van der Waals surface area contributed by atoms with Crippen molar-refractivity contribution in [2.24, 2.45) is 0 Å². The van der Waals surface area contributed by atoms with Gasteiger partial charge in [-0.05, 0) is 29.8 Å². The number of hydrogen-bond donors (Lipinski definition) is 1. The fraction of sp³-hybridized carbons (Fsp3) is 0.143. The molecule has 0 heterocycles. The van der Waals surface area contributed by atoms with Gasteiger partial charge in [-0.3, -0.25) is 0 Å². The maximum atomic E-state index is 13.6. The Bertz CT molecular complexity index is 649. The molecule has 0 saturated heterocycles. The molecule has 0 amide bonds. The van der Waals surface area contributed by atoms with E-state index in [4.69, 9.17) is 11.6 Å². The first kappa shape index (κ1) is 15.4. The largest absolute Gasteiger partial charge is 0.388 e. The van der Waals surface area contributed by atoms with Crippen molar-refractivity contribution in [3.8, 4) is 0 Å². The predicted molar refractivity (Wildman–Crippen MR) is 74.1 cm³/mol. The lowest BCUT2D eigenvalue weighted by Crippen LogP contribution is -2.06. The molecular weight excluding hydrogens is 357 g/mol. The average molecular weight is 366 g/mol. The van der Waals surface area contributed by atoms with Gasteiger partial charge in [0.1, 0.15) is 17.5 Å². The van der Waals surface area contributed by atoms with Crippen molar-refractivity contribution in [2.45, 2.75) is 12.5 Å². The number of halogens is 5. The Hall–Kier alpha value is -1.04. The maximum Gasteiger partial charge on any atom is 0.142 e. The van der Waals surface area contributed by atoms with Crippen LogP contribution in [0.1, 0.15) is 17.2 Å². The highest BCUT2D eigenvalue weighted by Gasteiger charge is 2.18. The summed E-state index contributed by atoms with van der Waals surface area (Å²) in [6.45, 7) is 0. The molecule has 2 aromatic carbocycles. The first-order chi connectivity index (χ1) is 9.38. The molecule has 0 fully saturated rings. The summed E-state index contributed by atoms with van der Waals surface area (Å²) >= 11 is 8.54. The number of rotatable bonds is 3. The van der Waals surface area contributed by atoms with Gasteiger partial charge in [-0.15, -0.1) is 0 Å². The number of hydrogen-bond acceptors (Lipinski definition) is 1. The van der Waals surface area contributed by atoms with Crippen molar-refractivity contribution >= 4 is 27.5 Å². The van der Waals surface area contributed by atoms with Crippen LogP contribution in [0.5, 0.6) is 0 Å². The third-order valence-electron chi connectivity index (χ3n) is 2.83. The maximum absolute atomic E-state index is 13.6. The highest BCUT2D eigenvalue weighted by atomic mass is 79.9. The van der Waals surface area contributed by atoms with E-state index >= 15 is 0 Å². The van der Waals surface area contributed by atoms with E-state index in [-0.39, 0.29) is 22.6 Å². The van der Waals surface area contributed by atoms with Crippen molar-refractivity contribution in [3.63, 3.8) is 0 Å². The van der Waals surface area contributed by atoms with E-state index in [1.165, 1.54) is 12.1 Å². The Labute approximate surface area is 127 Å². The van der Waals surface area contributed by atoms with Gasteiger partial charge in [0.05, 0.1) is 11.1 Å². The molecule has 0 aliphatic heterocycles. The van der Waals surface area contributed by atoms with Gasteiger partial charge in [0.25, 0.3) is 0 Å². The third-order valence-corrected chi connectivity index (χ3v) is 3.61. The highest BCUT2D eigenvalue weighted by Crippen LogP contribution is 2.27. The van der Waals surface area contributed by atoms with Crippen LogP contribution in [0, 0.1) is 17.5 Å². The third kappa shape index (κ3) is 3.34. The lowest BCUT2D eigenvalue weighted by atomic mass is 10.0. The van der Waals surface area contributed by atoms with Crippen LogP contribution in [0.2, 0.25) is 5.02 Å². The SMILES string of the molecule is OC(Cc1ccc(Br)cc1F)c1cc(F)c(Cl)cc1F. The Balaban J connectivity index is 2.28. The molecule has 106 valence electrons. The summed E-state index contributed by atoms with van der Waals surface area (Å²) in [4.78, 5) is 0. The van der Waals surface area contributed by atoms with Crippen LogP contribution in [-0.4, -0.2) is 5.11 Å². The van der Waals surface area contributed by atoms with E-state index in [2.05, 4.69) is 15.9 Å². The standard InChI is InChI=1S/C14H9BrClF3O/c15-8-2-1-7(11(17)4-8)3-14(20)9-5-13(19)10(16)6-12(9)18/h1-2,4-6,14,20H,3H2. The Morgan fingerprint density at radius 3 is 2.40 bits per heavy atom. The van der Waals surface area contributed by atoms with Gasteiger partial charge in [-0.1, -0.05) is 33.6 Å². The summed E-state index contributed by atoms with van der Waals surface area (Å²) in [5.41, 5.74) is -0.0512. The first-order valence-electron chi connectivity index (χ1n) is 5.65. The zero-order valence-corrected chi connectivity index (χ0v) is 12.4. The van der Waals surface area contributed by atoms with E-state index < -0.39 is 23.6 Å². The van der Waals surface area contributed by atoms with Crippen LogP contribution in [-0.2, 0) is 6.42 Å². The second-order valence-corrected chi connectivity index (χ2v) is 5.57. The molecule has 1 atom stereocenters. The van der Waals surface area contributed by atoms with Gasteiger partial charge in [0.15, 0.2) is 0 Å². The molecule has 6 heteroatoms. The van der Waals surface area contributed by atoms with Crippen molar-refractivity contribution in [1.29, 1.82) is 0 Å². The molecule has 0 saturated carbocycles. The summed E-state index contributed by atoms with van der Waals surface area (Å²) in [6, 6.07) is 5.91. The van der Waals surface area contributed by atoms with Crippen molar-refractivity contribution in [2.75, 3.05) is 0 Å². The summed E-state index contributed by atoms with van der Waals surface area (Å²) in [5, 5.41) is 9.57. The quantitative estimate of drug-likeness (QED) is 0.775. The molecule has 0 radical (unpaired) electrons. The fourth-order valence-corrected chi connectivity index (χ4v) is 2.28. The molecule has 0 bridgehead atoms. The molecule has 1 unspecified atom stereocenters. The molecule has 0 spiro atoms. The van der Waals surface area contributed by atoms with Crippen molar-refractivity contribution in [3.05, 3.63) is 68.4 Å². The molecule has 20 heavy (non-hydrogen) atoms. The topological polar surface area (TPSA) is 20.2 Å². The minimum atomic E-state index is -1.36. The van der Waals surface area contributed by atoms with Gasteiger partial charge in [-0.25, -0.2) is 13.2 Å². The molecule has 2 rings (SSSR count). The predicted octanol–water partition coefficient (Wildman–Crippen LogP) is 4.80. The van der Waals surface area contributed by atoms with Crippen LogP contribution in [0.3, 0.4) is 0 Å². The normalized spacial score (nSPS) is 12.5. The molecule has 1 N–H and O–H groups in total. The van der Waals surface area contributed by atoms with Gasteiger partial charge >= 0.3 is 0 Å². The summed E-state index contributed by atoms with van der Waals surface area (Å²) < 4.78 is 41.1. The molecular formula is C14H9BrClF3O. The second kappa shape index (κ2) is 6.16. The number of aliphatic hydroxyl groups excluding tert-OH is 1. The summed E-state index contributed by atoms with van der Waals surface area (Å²) in [7, 11) is 0. The fourth-order valence-electron chi connectivity index (χ4n) is 1.80. The van der Waals surface area contributed by atoms with Crippen LogP contribution in [0.4, 0.5) is 13.2 Å². The van der Waals surface area contributed by atoms with Crippen LogP contribution < -0.4 is 0 Å². The minimum absolute atomic E-state index is 0.170. The lowest BCUT2D eigenvalue weighted by Gasteiger charge is -2.13. The first-order valence-corrected chi connectivity index (χ1v) is 6.82. The highest BCUT2D eigenvalue weighted by molar-refractivity contribution is 9.10. The van der Waals surface area contributed by atoms with Crippen LogP contribution in [0.25, 0.3) is 0 Å². The van der Waals surface area contributed by atoms with E-state index in [1.807, 2.05) is 0 Å². The van der Waals surface area contributed by atoms with Crippen molar-refractivity contribution in [1.82, 2.24) is 0 Å². The van der Waals surface area contributed by atoms with E-state index in [0.29, 0.717) is 4.47 Å². The smallest absolute Gasteiger partial charge is 0.142 e. The summed E-state index contributed by atoms with van der Waals surface area (Å²) in [6.07, 6.45) is -1.53. The molecule has 0 aliphatic rings. The Morgan fingerprint density at radius 1 is 1.05 bits per heavy atom. The van der Waals surface area contributed by atoms with Gasteiger partial charge < -0.3 is 5.11 Å². The summed E-state index contributed by atoms with van der Waals surface area (Å²) in [5.74, 6) is -2.20. The van der Waals surface area contributed by atoms with Crippen LogP contribution >= 0.6 is 27.5 Å². The zero-order valence-electron chi connectivity index (χ0n) is 10.0. The van der Waals surface area contributed by atoms with Gasteiger partial charge in [0.2, 0.25) is 0 Å². The minimum Gasteiger partial charge on any atom is -0.388 e. The monoisotopic (exact) mass is 364 g/mol. The second-order valence-electron chi connectivity index (χ2n) is 4.24. The van der Waals surface area contributed by atoms with Gasteiger partial charge in [0, 0.05) is 16.5 Å². The lowest BCUT2D eigenvalue weighted by molar-refractivity contribution is 0.172. The molecule has 2 aromatic rings. The molecule has 1 nitrogen and oxygen atoms in total. The van der Waals surface area contributed by atoms with E-state index in [1.54, 1.807) is 6.07 Å². The molecule has 0 aromatic heterocycles. The van der Waals surface area contributed by atoms with E-state index in [0.717, 1.165) is 12.1 Å². The van der Waals surface area contributed by atoms with Gasteiger partial charge in [-0.2, -0.15) is 0 Å².